The van der Waals surface area contributed by atoms with Crippen molar-refractivity contribution in [1.82, 2.24) is 5.32 Å². The van der Waals surface area contributed by atoms with Crippen molar-refractivity contribution in [2.75, 3.05) is 17.9 Å². The number of para-hydroxylation sites is 1. The Kier molecular flexibility index (Phi) is 6.74. The third-order valence-corrected chi connectivity index (χ3v) is 5.80. The number of hydrogen-bond donors (Lipinski definition) is 2. The number of nitrogens with one attached hydrogen (secondary N) is 2. The summed E-state index contributed by atoms with van der Waals surface area (Å²) in [7, 11) is -3.82. The van der Waals surface area contributed by atoms with Crippen LogP contribution in [0.1, 0.15) is 21.5 Å². The van der Waals surface area contributed by atoms with Gasteiger partial charge in [-0.25, -0.2) is 8.42 Å². The standard InChI is InChI=1S/C23H24N2O4S/c1-17-11-12-22(18(2)15-17)25-30(27,28)21-10-6-7-19(16-21)23(26)24-13-14-29-20-8-4-3-5-9-20/h3-12,15-16,25H,13-14H2,1-2H3,(H,24,26). The van der Waals surface area contributed by atoms with E-state index < -0.39 is 10.0 Å². The Morgan fingerprint density at radius 3 is 2.43 bits per heavy atom. The molecule has 0 saturated carbocycles. The first-order valence-electron chi connectivity index (χ1n) is 9.51. The number of amides is 1. The molecule has 0 bridgehead atoms. The molecular weight excluding hydrogens is 400 g/mol. The van der Waals surface area contributed by atoms with Gasteiger partial charge in [0.25, 0.3) is 15.9 Å². The Bertz CT molecular complexity index is 1130. The van der Waals surface area contributed by atoms with Gasteiger partial charge in [0.05, 0.1) is 17.1 Å². The van der Waals surface area contributed by atoms with Gasteiger partial charge >= 0.3 is 0 Å². The lowest BCUT2D eigenvalue weighted by atomic mass is 10.1. The first kappa shape index (κ1) is 21.4. The summed E-state index contributed by atoms with van der Waals surface area (Å²) in [6.45, 7) is 4.39. The number of sulfonamides is 1. The van der Waals surface area contributed by atoms with E-state index in [4.69, 9.17) is 4.74 Å². The summed E-state index contributed by atoms with van der Waals surface area (Å²) in [5, 5.41) is 2.73. The fourth-order valence-electron chi connectivity index (χ4n) is 2.89. The second kappa shape index (κ2) is 9.45. The molecule has 156 valence electrons. The molecule has 0 aliphatic rings. The molecule has 6 nitrogen and oxygen atoms in total. The maximum Gasteiger partial charge on any atom is 0.261 e. The summed E-state index contributed by atoms with van der Waals surface area (Å²) in [6.07, 6.45) is 0. The van der Waals surface area contributed by atoms with Crippen LogP contribution in [0.5, 0.6) is 5.75 Å². The molecule has 3 aromatic carbocycles. The van der Waals surface area contributed by atoms with E-state index in [0.29, 0.717) is 18.8 Å². The van der Waals surface area contributed by atoms with Gasteiger partial charge in [0.2, 0.25) is 0 Å². The van der Waals surface area contributed by atoms with Crippen LogP contribution >= 0.6 is 0 Å². The fourth-order valence-corrected chi connectivity index (χ4v) is 4.06. The third kappa shape index (κ3) is 5.61. The highest BCUT2D eigenvalue weighted by molar-refractivity contribution is 7.92. The maximum atomic E-state index is 12.8. The van der Waals surface area contributed by atoms with E-state index in [0.717, 1.165) is 16.9 Å². The molecule has 0 radical (unpaired) electrons. The highest BCUT2D eigenvalue weighted by Gasteiger charge is 2.17. The Balaban J connectivity index is 1.63. The van der Waals surface area contributed by atoms with E-state index in [2.05, 4.69) is 10.0 Å². The number of carbonyl (C=O) groups excluding carboxylic acids is 1. The van der Waals surface area contributed by atoms with Gasteiger partial charge in [-0.1, -0.05) is 42.0 Å². The number of anilines is 1. The van der Waals surface area contributed by atoms with Crippen molar-refractivity contribution >= 4 is 21.6 Å². The van der Waals surface area contributed by atoms with Gasteiger partial charge in [-0.2, -0.15) is 0 Å². The summed E-state index contributed by atoms with van der Waals surface area (Å²) < 4.78 is 33.7. The Labute approximate surface area is 177 Å². The lowest BCUT2D eigenvalue weighted by Crippen LogP contribution is -2.28. The molecule has 0 heterocycles. The predicted octanol–water partition coefficient (Wildman–Crippen LogP) is 3.91. The van der Waals surface area contributed by atoms with Crippen LogP contribution in [0.3, 0.4) is 0 Å². The molecule has 0 aromatic heterocycles. The van der Waals surface area contributed by atoms with Crippen molar-refractivity contribution in [2.45, 2.75) is 18.7 Å². The molecule has 3 aromatic rings. The summed E-state index contributed by atoms with van der Waals surface area (Å²) in [5.41, 5.74) is 2.64. The lowest BCUT2D eigenvalue weighted by Gasteiger charge is -2.12. The van der Waals surface area contributed by atoms with Crippen LogP contribution in [-0.2, 0) is 10.0 Å². The summed E-state index contributed by atoms with van der Waals surface area (Å²) in [4.78, 5) is 12.4. The Morgan fingerprint density at radius 1 is 0.933 bits per heavy atom. The largest absolute Gasteiger partial charge is 0.492 e. The van der Waals surface area contributed by atoms with E-state index >= 15 is 0 Å². The number of ether oxygens (including phenoxy) is 1. The molecule has 0 fully saturated rings. The Morgan fingerprint density at radius 2 is 1.70 bits per heavy atom. The molecule has 0 atom stereocenters. The van der Waals surface area contributed by atoms with E-state index in [1.807, 2.05) is 56.3 Å². The zero-order valence-corrected chi connectivity index (χ0v) is 17.7. The number of rotatable bonds is 8. The first-order valence-corrected chi connectivity index (χ1v) is 11.0. The Hall–Kier alpha value is -3.32. The SMILES string of the molecule is Cc1ccc(NS(=O)(=O)c2cccc(C(=O)NCCOc3ccccc3)c2)c(C)c1. The molecule has 0 aliphatic heterocycles. The molecule has 7 heteroatoms. The zero-order valence-electron chi connectivity index (χ0n) is 16.9. The molecule has 1 amide bonds. The van der Waals surface area contributed by atoms with Gasteiger partial charge in [0.15, 0.2) is 0 Å². The summed E-state index contributed by atoms with van der Waals surface area (Å²) >= 11 is 0. The zero-order chi connectivity index (χ0) is 21.6. The normalized spacial score (nSPS) is 11.0. The molecule has 30 heavy (non-hydrogen) atoms. The smallest absolute Gasteiger partial charge is 0.261 e. The van der Waals surface area contributed by atoms with Crippen molar-refractivity contribution in [3.63, 3.8) is 0 Å². The second-order valence-electron chi connectivity index (χ2n) is 6.87. The van der Waals surface area contributed by atoms with Crippen LogP contribution in [0.4, 0.5) is 5.69 Å². The monoisotopic (exact) mass is 424 g/mol. The van der Waals surface area contributed by atoms with E-state index in [9.17, 15) is 13.2 Å². The van der Waals surface area contributed by atoms with Crippen LogP contribution < -0.4 is 14.8 Å². The van der Waals surface area contributed by atoms with Crippen molar-refractivity contribution in [2.24, 2.45) is 0 Å². The quantitative estimate of drug-likeness (QED) is 0.537. The van der Waals surface area contributed by atoms with Gasteiger partial charge in [0.1, 0.15) is 12.4 Å². The van der Waals surface area contributed by atoms with Crippen LogP contribution in [0.15, 0.2) is 77.7 Å². The number of carbonyl (C=O) groups is 1. The van der Waals surface area contributed by atoms with E-state index in [1.165, 1.54) is 12.1 Å². The van der Waals surface area contributed by atoms with Gasteiger partial charge < -0.3 is 10.1 Å². The maximum absolute atomic E-state index is 12.8. The molecule has 0 spiro atoms. The van der Waals surface area contributed by atoms with E-state index in [1.54, 1.807) is 18.2 Å². The number of aryl methyl sites for hydroxylation is 2. The predicted molar refractivity (Wildman–Crippen MR) is 117 cm³/mol. The average Bonchev–Trinajstić information content (AvgIpc) is 2.74. The molecule has 0 aliphatic carbocycles. The van der Waals surface area contributed by atoms with Crippen molar-refractivity contribution in [3.05, 3.63) is 89.5 Å². The van der Waals surface area contributed by atoms with Gasteiger partial charge in [-0.15, -0.1) is 0 Å². The average molecular weight is 425 g/mol. The molecule has 0 saturated heterocycles. The molecule has 3 rings (SSSR count). The van der Waals surface area contributed by atoms with Crippen LogP contribution in [0, 0.1) is 13.8 Å². The van der Waals surface area contributed by atoms with Crippen LogP contribution in [-0.4, -0.2) is 27.5 Å². The first-order chi connectivity index (χ1) is 14.3. The number of hydrogen-bond acceptors (Lipinski definition) is 4. The van der Waals surface area contributed by atoms with Gasteiger partial charge in [-0.05, 0) is 55.8 Å². The highest BCUT2D eigenvalue weighted by atomic mass is 32.2. The minimum atomic E-state index is -3.82. The minimum absolute atomic E-state index is 0.0238. The van der Waals surface area contributed by atoms with Crippen LogP contribution in [0.2, 0.25) is 0 Å². The van der Waals surface area contributed by atoms with Gasteiger partial charge in [-0.3, -0.25) is 9.52 Å². The number of benzene rings is 3. The highest BCUT2D eigenvalue weighted by Crippen LogP contribution is 2.21. The molecular formula is C23H24N2O4S. The van der Waals surface area contributed by atoms with Crippen LogP contribution in [0.25, 0.3) is 0 Å². The second-order valence-corrected chi connectivity index (χ2v) is 8.55. The fraction of sp³-hybridized carbons (Fsp3) is 0.174. The lowest BCUT2D eigenvalue weighted by molar-refractivity contribution is 0.0947. The van der Waals surface area contributed by atoms with Crippen molar-refractivity contribution < 1.29 is 17.9 Å². The molecule has 0 unspecified atom stereocenters. The summed E-state index contributed by atoms with van der Waals surface area (Å²) in [5.74, 6) is 0.354. The van der Waals surface area contributed by atoms with E-state index in [-0.39, 0.29) is 16.4 Å². The molecule has 2 N–H and O–H groups in total. The topological polar surface area (TPSA) is 84.5 Å². The van der Waals surface area contributed by atoms with Crippen molar-refractivity contribution in [3.8, 4) is 5.75 Å². The van der Waals surface area contributed by atoms with Crippen molar-refractivity contribution in [1.29, 1.82) is 0 Å². The minimum Gasteiger partial charge on any atom is -0.492 e. The van der Waals surface area contributed by atoms with Gasteiger partial charge in [0, 0.05) is 5.56 Å². The third-order valence-electron chi connectivity index (χ3n) is 4.43. The summed E-state index contributed by atoms with van der Waals surface area (Å²) in [6, 6.07) is 20.7.